The van der Waals surface area contributed by atoms with Gasteiger partial charge < -0.3 is 15.8 Å². The summed E-state index contributed by atoms with van der Waals surface area (Å²) in [6.45, 7) is 0.962. The number of anilines is 2. The van der Waals surface area contributed by atoms with Gasteiger partial charge >= 0.3 is 5.97 Å². The molecule has 80 valence electrons. The molecule has 0 aliphatic carbocycles. The van der Waals surface area contributed by atoms with Crippen molar-refractivity contribution in [2.24, 2.45) is 0 Å². The van der Waals surface area contributed by atoms with Crippen LogP contribution in [0.2, 0.25) is 0 Å². The van der Waals surface area contributed by atoms with Gasteiger partial charge in [-0.25, -0.2) is 4.79 Å². The SMILES string of the molecule is COC(=O)c1cc2c(cc1N)NCCC2. The highest BCUT2D eigenvalue weighted by molar-refractivity contribution is 5.96. The predicted molar refractivity (Wildman–Crippen MR) is 59.0 cm³/mol. The number of fused-ring (bicyclic) bond motifs is 1. The molecule has 0 saturated heterocycles. The average Bonchev–Trinajstić information content (AvgIpc) is 2.27. The van der Waals surface area contributed by atoms with Gasteiger partial charge in [-0.1, -0.05) is 0 Å². The van der Waals surface area contributed by atoms with Gasteiger partial charge in [0.15, 0.2) is 0 Å². The topological polar surface area (TPSA) is 64.3 Å². The maximum Gasteiger partial charge on any atom is 0.339 e. The Morgan fingerprint density at radius 2 is 2.33 bits per heavy atom. The second kappa shape index (κ2) is 3.81. The van der Waals surface area contributed by atoms with Crippen molar-refractivity contribution in [3.63, 3.8) is 0 Å². The van der Waals surface area contributed by atoms with Crippen LogP contribution in [-0.2, 0) is 11.2 Å². The van der Waals surface area contributed by atoms with Crippen LogP contribution in [0.25, 0.3) is 0 Å². The van der Waals surface area contributed by atoms with Crippen molar-refractivity contribution in [1.82, 2.24) is 0 Å². The molecule has 1 aliphatic heterocycles. The number of hydrogen-bond donors (Lipinski definition) is 2. The summed E-state index contributed by atoms with van der Waals surface area (Å²) in [5.74, 6) is -0.374. The molecule has 3 N–H and O–H groups in total. The maximum atomic E-state index is 11.4. The van der Waals surface area contributed by atoms with E-state index in [4.69, 9.17) is 5.73 Å². The van der Waals surface area contributed by atoms with E-state index in [1.54, 1.807) is 6.07 Å². The Morgan fingerprint density at radius 3 is 3.07 bits per heavy atom. The first-order valence-corrected chi connectivity index (χ1v) is 4.97. The summed E-state index contributed by atoms with van der Waals surface area (Å²) >= 11 is 0. The minimum atomic E-state index is -0.374. The van der Waals surface area contributed by atoms with Gasteiger partial charge in [0.25, 0.3) is 0 Å². The van der Waals surface area contributed by atoms with Crippen LogP contribution in [0.5, 0.6) is 0 Å². The van der Waals surface area contributed by atoms with Gasteiger partial charge in [-0.05, 0) is 30.5 Å². The molecule has 1 aromatic carbocycles. The van der Waals surface area contributed by atoms with E-state index in [-0.39, 0.29) is 5.97 Å². The van der Waals surface area contributed by atoms with E-state index in [2.05, 4.69) is 10.1 Å². The number of methoxy groups -OCH3 is 1. The molecule has 0 unspecified atom stereocenters. The van der Waals surface area contributed by atoms with Gasteiger partial charge in [0.2, 0.25) is 0 Å². The number of esters is 1. The van der Waals surface area contributed by atoms with Crippen molar-refractivity contribution in [1.29, 1.82) is 0 Å². The molecular formula is C11H14N2O2. The smallest absolute Gasteiger partial charge is 0.339 e. The maximum absolute atomic E-state index is 11.4. The first kappa shape index (κ1) is 9.83. The van der Waals surface area contributed by atoms with Gasteiger partial charge in [0.05, 0.1) is 12.7 Å². The summed E-state index contributed by atoms with van der Waals surface area (Å²) in [6.07, 6.45) is 2.06. The quantitative estimate of drug-likeness (QED) is 0.538. The summed E-state index contributed by atoms with van der Waals surface area (Å²) in [5.41, 5.74) is 8.87. The number of nitrogen functional groups attached to an aromatic ring is 1. The standard InChI is InChI=1S/C11H14N2O2/c1-15-11(14)8-5-7-3-2-4-13-10(7)6-9(8)12/h5-6,13H,2-4,12H2,1H3. The van der Waals surface area contributed by atoms with E-state index in [1.165, 1.54) is 7.11 Å². The Hall–Kier alpha value is -1.71. The zero-order valence-corrected chi connectivity index (χ0v) is 8.67. The molecule has 0 fully saturated rings. The lowest BCUT2D eigenvalue weighted by molar-refractivity contribution is 0.0602. The normalized spacial score (nSPS) is 13.9. The third-order valence-electron chi connectivity index (χ3n) is 2.62. The molecule has 4 nitrogen and oxygen atoms in total. The number of hydrogen-bond acceptors (Lipinski definition) is 4. The molecule has 0 atom stereocenters. The zero-order chi connectivity index (χ0) is 10.8. The second-order valence-electron chi connectivity index (χ2n) is 3.62. The number of aryl methyl sites for hydroxylation is 1. The third-order valence-corrected chi connectivity index (χ3v) is 2.62. The summed E-state index contributed by atoms with van der Waals surface area (Å²) in [5, 5.41) is 3.26. The van der Waals surface area contributed by atoms with Crippen LogP contribution in [-0.4, -0.2) is 19.6 Å². The molecule has 0 spiro atoms. The van der Waals surface area contributed by atoms with Crippen molar-refractivity contribution in [2.75, 3.05) is 24.7 Å². The van der Waals surface area contributed by atoms with Gasteiger partial charge in [0.1, 0.15) is 0 Å². The van der Waals surface area contributed by atoms with E-state index in [9.17, 15) is 4.79 Å². The molecule has 0 amide bonds. The molecule has 1 aliphatic rings. The fourth-order valence-corrected chi connectivity index (χ4v) is 1.82. The summed E-state index contributed by atoms with van der Waals surface area (Å²) in [4.78, 5) is 11.4. The molecule has 15 heavy (non-hydrogen) atoms. The van der Waals surface area contributed by atoms with Crippen molar-refractivity contribution >= 4 is 17.3 Å². The minimum absolute atomic E-state index is 0.374. The van der Waals surface area contributed by atoms with Crippen LogP contribution in [0.15, 0.2) is 12.1 Å². The van der Waals surface area contributed by atoms with E-state index in [1.807, 2.05) is 6.07 Å². The van der Waals surface area contributed by atoms with E-state index >= 15 is 0 Å². The van der Waals surface area contributed by atoms with Gasteiger partial charge in [-0.2, -0.15) is 0 Å². The number of nitrogens with two attached hydrogens (primary N) is 1. The Balaban J connectivity index is 2.44. The Bertz CT molecular complexity index is 402. The third kappa shape index (κ3) is 1.75. The zero-order valence-electron chi connectivity index (χ0n) is 8.67. The lowest BCUT2D eigenvalue weighted by atomic mass is 9.99. The Morgan fingerprint density at radius 1 is 1.53 bits per heavy atom. The number of nitrogens with one attached hydrogen (secondary N) is 1. The van der Waals surface area contributed by atoms with Gasteiger partial charge in [-0.15, -0.1) is 0 Å². The Labute approximate surface area is 88.4 Å². The van der Waals surface area contributed by atoms with Gasteiger partial charge in [-0.3, -0.25) is 0 Å². The molecule has 0 radical (unpaired) electrons. The highest BCUT2D eigenvalue weighted by Crippen LogP contribution is 2.27. The minimum Gasteiger partial charge on any atom is -0.465 e. The monoisotopic (exact) mass is 206 g/mol. The van der Waals surface area contributed by atoms with Crippen LogP contribution in [0.1, 0.15) is 22.3 Å². The molecule has 0 aromatic heterocycles. The number of benzene rings is 1. The first-order chi connectivity index (χ1) is 7.22. The van der Waals surface area contributed by atoms with Crippen molar-refractivity contribution in [3.8, 4) is 0 Å². The fourth-order valence-electron chi connectivity index (χ4n) is 1.82. The van der Waals surface area contributed by atoms with Crippen LogP contribution >= 0.6 is 0 Å². The van der Waals surface area contributed by atoms with Crippen molar-refractivity contribution in [3.05, 3.63) is 23.3 Å². The van der Waals surface area contributed by atoms with E-state index in [0.29, 0.717) is 11.3 Å². The molecule has 4 heteroatoms. The first-order valence-electron chi connectivity index (χ1n) is 4.97. The number of carbonyl (C=O) groups excluding carboxylic acids is 1. The second-order valence-corrected chi connectivity index (χ2v) is 3.62. The average molecular weight is 206 g/mol. The molecule has 0 bridgehead atoms. The summed E-state index contributed by atoms with van der Waals surface area (Å²) in [6, 6.07) is 3.63. The van der Waals surface area contributed by atoms with Crippen LogP contribution in [0.3, 0.4) is 0 Å². The van der Waals surface area contributed by atoms with Gasteiger partial charge in [0, 0.05) is 17.9 Å². The number of ether oxygens (including phenoxy) is 1. The predicted octanol–water partition coefficient (Wildman–Crippen LogP) is 1.41. The molecule has 2 rings (SSSR count). The largest absolute Gasteiger partial charge is 0.465 e. The van der Waals surface area contributed by atoms with E-state index in [0.717, 1.165) is 30.6 Å². The van der Waals surface area contributed by atoms with Crippen molar-refractivity contribution < 1.29 is 9.53 Å². The summed E-state index contributed by atoms with van der Waals surface area (Å²) < 4.78 is 4.67. The van der Waals surface area contributed by atoms with E-state index < -0.39 is 0 Å². The number of carbonyl (C=O) groups is 1. The molecule has 1 aromatic rings. The highest BCUT2D eigenvalue weighted by Gasteiger charge is 2.16. The lowest BCUT2D eigenvalue weighted by Crippen LogP contribution is -2.14. The number of rotatable bonds is 1. The molecule has 0 saturated carbocycles. The lowest BCUT2D eigenvalue weighted by Gasteiger charge is -2.19. The molecule has 1 heterocycles. The fraction of sp³-hybridized carbons (Fsp3) is 0.364. The van der Waals surface area contributed by atoms with Crippen molar-refractivity contribution in [2.45, 2.75) is 12.8 Å². The molecular weight excluding hydrogens is 192 g/mol. The Kier molecular flexibility index (Phi) is 2.49. The van der Waals surface area contributed by atoms with Crippen LogP contribution in [0.4, 0.5) is 11.4 Å². The van der Waals surface area contributed by atoms with Crippen LogP contribution in [0, 0.1) is 0 Å². The highest BCUT2D eigenvalue weighted by atomic mass is 16.5. The summed E-state index contributed by atoms with van der Waals surface area (Å²) in [7, 11) is 1.36. The van der Waals surface area contributed by atoms with Crippen LogP contribution < -0.4 is 11.1 Å².